The van der Waals surface area contributed by atoms with Crippen molar-refractivity contribution in [3.05, 3.63) is 34.9 Å². The van der Waals surface area contributed by atoms with Crippen LogP contribution in [0.5, 0.6) is 0 Å². The van der Waals surface area contributed by atoms with E-state index in [-0.39, 0.29) is 18.4 Å². The van der Waals surface area contributed by atoms with Gasteiger partial charge in [-0.3, -0.25) is 4.79 Å². The Hall–Kier alpha value is -1.35. The SMILES string of the molecule is Cc1ccc(C(=O)N2CC(CO)C2)c(C)c1. The Labute approximate surface area is 95.7 Å². The monoisotopic (exact) mass is 219 g/mol. The lowest BCUT2D eigenvalue weighted by Gasteiger charge is -2.38. The zero-order valence-corrected chi connectivity index (χ0v) is 9.73. The Balaban J connectivity index is 2.10. The summed E-state index contributed by atoms with van der Waals surface area (Å²) in [6, 6.07) is 5.87. The lowest BCUT2D eigenvalue weighted by molar-refractivity contribution is 0.0361. The molecule has 0 radical (unpaired) electrons. The number of amides is 1. The standard InChI is InChI=1S/C13H17NO2/c1-9-3-4-12(10(2)5-9)13(16)14-6-11(7-14)8-15/h3-5,11,15H,6-8H2,1-2H3. The molecule has 2 rings (SSSR count). The number of hydrogen-bond donors (Lipinski definition) is 1. The first-order chi connectivity index (χ1) is 7.61. The number of carbonyl (C=O) groups excluding carboxylic acids is 1. The average Bonchev–Trinajstić information content (AvgIpc) is 2.15. The third-order valence-corrected chi connectivity index (χ3v) is 3.11. The summed E-state index contributed by atoms with van der Waals surface area (Å²) < 4.78 is 0. The van der Waals surface area contributed by atoms with E-state index in [0.717, 1.165) is 11.1 Å². The number of likely N-dealkylation sites (tertiary alicyclic amines) is 1. The van der Waals surface area contributed by atoms with Crippen molar-refractivity contribution in [1.82, 2.24) is 4.90 Å². The van der Waals surface area contributed by atoms with Crippen LogP contribution in [-0.4, -0.2) is 35.6 Å². The molecule has 1 saturated heterocycles. The van der Waals surface area contributed by atoms with Gasteiger partial charge in [-0.1, -0.05) is 17.7 Å². The minimum absolute atomic E-state index is 0.0854. The molecular weight excluding hydrogens is 202 g/mol. The molecule has 0 unspecified atom stereocenters. The first-order valence-corrected chi connectivity index (χ1v) is 5.59. The molecule has 86 valence electrons. The van der Waals surface area contributed by atoms with Gasteiger partial charge in [0.25, 0.3) is 5.91 Å². The molecule has 1 aromatic carbocycles. The van der Waals surface area contributed by atoms with E-state index in [1.54, 1.807) is 4.90 Å². The van der Waals surface area contributed by atoms with Crippen molar-refractivity contribution in [2.75, 3.05) is 19.7 Å². The molecule has 1 aliphatic rings. The molecule has 1 aliphatic heterocycles. The second-order valence-electron chi connectivity index (χ2n) is 4.58. The first kappa shape index (κ1) is 11.1. The van der Waals surface area contributed by atoms with Crippen LogP contribution in [0, 0.1) is 19.8 Å². The zero-order chi connectivity index (χ0) is 11.7. The highest BCUT2D eigenvalue weighted by Crippen LogP contribution is 2.20. The zero-order valence-electron chi connectivity index (χ0n) is 9.73. The highest BCUT2D eigenvalue weighted by atomic mass is 16.3. The quantitative estimate of drug-likeness (QED) is 0.816. The summed E-state index contributed by atoms with van der Waals surface area (Å²) in [6.07, 6.45) is 0. The van der Waals surface area contributed by atoms with Crippen LogP contribution >= 0.6 is 0 Å². The molecule has 0 bridgehead atoms. The number of nitrogens with zero attached hydrogens (tertiary/aromatic N) is 1. The molecule has 3 nitrogen and oxygen atoms in total. The summed E-state index contributed by atoms with van der Waals surface area (Å²) >= 11 is 0. The number of aryl methyl sites for hydroxylation is 2. The van der Waals surface area contributed by atoms with Crippen molar-refractivity contribution in [1.29, 1.82) is 0 Å². The predicted octanol–water partition coefficient (Wildman–Crippen LogP) is 1.37. The van der Waals surface area contributed by atoms with Crippen LogP contribution in [-0.2, 0) is 0 Å². The number of carbonyl (C=O) groups is 1. The van der Waals surface area contributed by atoms with Gasteiger partial charge in [0.15, 0.2) is 0 Å². The maximum Gasteiger partial charge on any atom is 0.254 e. The van der Waals surface area contributed by atoms with Gasteiger partial charge < -0.3 is 10.0 Å². The fourth-order valence-corrected chi connectivity index (χ4v) is 2.08. The molecule has 3 heteroatoms. The Morgan fingerprint density at radius 1 is 1.44 bits per heavy atom. The molecule has 1 amide bonds. The third kappa shape index (κ3) is 1.95. The molecule has 0 spiro atoms. The van der Waals surface area contributed by atoms with Crippen LogP contribution < -0.4 is 0 Å². The van der Waals surface area contributed by atoms with E-state index in [0.29, 0.717) is 13.1 Å². The Morgan fingerprint density at radius 3 is 2.69 bits per heavy atom. The second kappa shape index (κ2) is 4.26. The topological polar surface area (TPSA) is 40.5 Å². The number of aliphatic hydroxyl groups is 1. The molecule has 0 atom stereocenters. The molecule has 1 N–H and O–H groups in total. The average molecular weight is 219 g/mol. The van der Waals surface area contributed by atoms with Crippen molar-refractivity contribution in [2.24, 2.45) is 5.92 Å². The normalized spacial score (nSPS) is 16.1. The Bertz CT molecular complexity index is 408. The lowest BCUT2D eigenvalue weighted by Crippen LogP contribution is -2.51. The summed E-state index contributed by atoms with van der Waals surface area (Å²) in [5, 5.41) is 8.91. The van der Waals surface area contributed by atoms with Gasteiger partial charge >= 0.3 is 0 Å². The van der Waals surface area contributed by atoms with Gasteiger partial charge in [-0.05, 0) is 25.5 Å². The minimum Gasteiger partial charge on any atom is -0.396 e. The van der Waals surface area contributed by atoms with Crippen LogP contribution in [0.25, 0.3) is 0 Å². The van der Waals surface area contributed by atoms with Crippen LogP contribution in [0.4, 0.5) is 0 Å². The molecule has 1 aromatic rings. The highest BCUT2D eigenvalue weighted by molar-refractivity contribution is 5.96. The van der Waals surface area contributed by atoms with E-state index in [9.17, 15) is 4.79 Å². The molecule has 0 aliphatic carbocycles. The third-order valence-electron chi connectivity index (χ3n) is 3.11. The lowest BCUT2D eigenvalue weighted by atomic mass is 9.98. The molecule has 16 heavy (non-hydrogen) atoms. The molecule has 1 heterocycles. The number of benzene rings is 1. The maximum atomic E-state index is 12.1. The van der Waals surface area contributed by atoms with Crippen molar-refractivity contribution >= 4 is 5.91 Å². The van der Waals surface area contributed by atoms with Crippen molar-refractivity contribution in [2.45, 2.75) is 13.8 Å². The van der Waals surface area contributed by atoms with Crippen molar-refractivity contribution in [3.8, 4) is 0 Å². The Kier molecular flexibility index (Phi) is 2.97. The fourth-order valence-electron chi connectivity index (χ4n) is 2.08. The van der Waals surface area contributed by atoms with Gasteiger partial charge in [-0.2, -0.15) is 0 Å². The number of hydrogen-bond acceptors (Lipinski definition) is 2. The van der Waals surface area contributed by atoms with Gasteiger partial charge in [0.05, 0.1) is 0 Å². The van der Waals surface area contributed by atoms with Gasteiger partial charge in [0.2, 0.25) is 0 Å². The molecule has 0 aromatic heterocycles. The largest absolute Gasteiger partial charge is 0.396 e. The molecule has 0 saturated carbocycles. The van der Waals surface area contributed by atoms with Crippen LogP contribution in [0.15, 0.2) is 18.2 Å². The van der Waals surface area contributed by atoms with E-state index in [1.807, 2.05) is 32.0 Å². The van der Waals surface area contributed by atoms with Gasteiger partial charge in [0.1, 0.15) is 0 Å². The van der Waals surface area contributed by atoms with E-state index in [1.165, 1.54) is 5.56 Å². The van der Waals surface area contributed by atoms with E-state index >= 15 is 0 Å². The minimum atomic E-state index is 0.0854. The fraction of sp³-hybridized carbons (Fsp3) is 0.462. The van der Waals surface area contributed by atoms with Crippen molar-refractivity contribution in [3.63, 3.8) is 0 Å². The Morgan fingerprint density at radius 2 is 2.12 bits per heavy atom. The van der Waals surface area contributed by atoms with E-state index in [2.05, 4.69) is 0 Å². The number of rotatable bonds is 2. The van der Waals surface area contributed by atoms with Gasteiger partial charge in [0, 0.05) is 31.2 Å². The maximum absolute atomic E-state index is 12.1. The highest BCUT2D eigenvalue weighted by Gasteiger charge is 2.30. The summed E-state index contributed by atoms with van der Waals surface area (Å²) in [7, 11) is 0. The van der Waals surface area contributed by atoms with Gasteiger partial charge in [-0.15, -0.1) is 0 Å². The summed E-state index contributed by atoms with van der Waals surface area (Å²) in [4.78, 5) is 13.9. The second-order valence-corrected chi connectivity index (χ2v) is 4.58. The number of aliphatic hydroxyl groups excluding tert-OH is 1. The van der Waals surface area contributed by atoms with E-state index < -0.39 is 0 Å². The van der Waals surface area contributed by atoms with Crippen molar-refractivity contribution < 1.29 is 9.90 Å². The summed E-state index contributed by atoms with van der Waals surface area (Å²) in [5.41, 5.74) is 2.98. The predicted molar refractivity (Wildman–Crippen MR) is 62.4 cm³/mol. The van der Waals surface area contributed by atoms with Crippen LogP contribution in [0.3, 0.4) is 0 Å². The van der Waals surface area contributed by atoms with Crippen LogP contribution in [0.1, 0.15) is 21.5 Å². The molecular formula is C13H17NO2. The molecule has 1 fully saturated rings. The van der Waals surface area contributed by atoms with E-state index in [4.69, 9.17) is 5.11 Å². The van der Waals surface area contributed by atoms with Gasteiger partial charge in [-0.25, -0.2) is 0 Å². The summed E-state index contributed by atoms with van der Waals surface area (Å²) in [5.74, 6) is 0.358. The smallest absolute Gasteiger partial charge is 0.254 e. The first-order valence-electron chi connectivity index (χ1n) is 5.59. The van der Waals surface area contributed by atoms with Crippen LogP contribution in [0.2, 0.25) is 0 Å². The summed E-state index contributed by atoms with van der Waals surface area (Å²) in [6.45, 7) is 5.53.